The van der Waals surface area contributed by atoms with Gasteiger partial charge in [-0.1, -0.05) is 0 Å². The number of hydrogen-bond acceptors (Lipinski definition) is 2. The zero-order chi connectivity index (χ0) is 12.5. The molecule has 1 aliphatic heterocycles. The first-order chi connectivity index (χ1) is 8.75. The van der Waals surface area contributed by atoms with Crippen LogP contribution in [0, 0.1) is 11.6 Å². The van der Waals surface area contributed by atoms with Gasteiger partial charge in [-0.2, -0.15) is 0 Å². The number of hydrogen-bond donors (Lipinski definition) is 1. The molecule has 1 aromatic heterocycles. The lowest BCUT2D eigenvalue weighted by atomic mass is 10.1. The van der Waals surface area contributed by atoms with E-state index in [0.29, 0.717) is 0 Å². The van der Waals surface area contributed by atoms with Crippen molar-refractivity contribution in [3.05, 3.63) is 48.1 Å². The molecule has 2 heterocycles. The second kappa shape index (κ2) is 4.49. The molecule has 3 nitrogen and oxygen atoms in total. The van der Waals surface area contributed by atoms with Crippen LogP contribution in [0.1, 0.15) is 24.6 Å². The van der Waals surface area contributed by atoms with Gasteiger partial charge in [0.05, 0.1) is 23.9 Å². The molecule has 3 rings (SSSR count). The van der Waals surface area contributed by atoms with Gasteiger partial charge in [-0.25, -0.2) is 13.8 Å². The first-order valence-electron chi connectivity index (χ1n) is 5.97. The summed E-state index contributed by atoms with van der Waals surface area (Å²) in [5, 5.41) is 3.33. The van der Waals surface area contributed by atoms with Gasteiger partial charge >= 0.3 is 0 Å². The van der Waals surface area contributed by atoms with Crippen molar-refractivity contribution >= 4 is 0 Å². The lowest BCUT2D eigenvalue weighted by Crippen LogP contribution is -2.16. The van der Waals surface area contributed by atoms with Crippen LogP contribution in [0.5, 0.6) is 0 Å². The normalized spacial score (nSPS) is 19.3. The van der Waals surface area contributed by atoms with Gasteiger partial charge in [-0.05, 0) is 31.5 Å². The van der Waals surface area contributed by atoms with Crippen molar-refractivity contribution in [3.63, 3.8) is 0 Å². The van der Waals surface area contributed by atoms with Gasteiger partial charge in [0, 0.05) is 12.1 Å². The van der Waals surface area contributed by atoms with E-state index in [1.165, 1.54) is 12.4 Å². The average molecular weight is 249 g/mol. The lowest BCUT2D eigenvalue weighted by Gasteiger charge is -2.14. The molecule has 0 aliphatic carbocycles. The minimum Gasteiger partial charge on any atom is -0.309 e. The topological polar surface area (TPSA) is 29.9 Å². The van der Waals surface area contributed by atoms with E-state index in [4.69, 9.17) is 0 Å². The maximum atomic E-state index is 13.8. The molecule has 18 heavy (non-hydrogen) atoms. The Labute approximate surface area is 103 Å². The van der Waals surface area contributed by atoms with Crippen LogP contribution in [0.3, 0.4) is 0 Å². The first kappa shape index (κ1) is 11.3. The van der Waals surface area contributed by atoms with Crippen LogP contribution in [-0.4, -0.2) is 16.1 Å². The number of halogens is 2. The summed E-state index contributed by atoms with van der Waals surface area (Å²) in [6, 6.07) is 3.60. The summed E-state index contributed by atoms with van der Waals surface area (Å²) in [5.74, 6) is -0.904. The molecule has 0 amide bonds. The Balaban J connectivity index is 2.06. The summed E-state index contributed by atoms with van der Waals surface area (Å²) in [5.41, 5.74) is 1.08. The molecule has 1 saturated heterocycles. The largest absolute Gasteiger partial charge is 0.309 e. The predicted octanol–water partition coefficient (Wildman–Crippen LogP) is 2.58. The molecule has 1 N–H and O–H groups in total. The van der Waals surface area contributed by atoms with E-state index in [1.807, 2.05) is 0 Å². The molecule has 1 fully saturated rings. The fraction of sp³-hybridized carbons (Fsp3) is 0.308. The van der Waals surface area contributed by atoms with Crippen LogP contribution in [-0.2, 0) is 0 Å². The fourth-order valence-electron chi connectivity index (χ4n) is 2.37. The number of imidazole rings is 1. The van der Waals surface area contributed by atoms with E-state index in [-0.39, 0.29) is 11.7 Å². The number of benzene rings is 1. The molecule has 1 aromatic carbocycles. The van der Waals surface area contributed by atoms with Crippen molar-refractivity contribution in [2.24, 2.45) is 0 Å². The maximum Gasteiger partial charge on any atom is 0.147 e. The quantitative estimate of drug-likeness (QED) is 0.886. The maximum absolute atomic E-state index is 13.8. The molecule has 1 unspecified atom stereocenters. The third-order valence-corrected chi connectivity index (χ3v) is 3.25. The molecule has 0 radical (unpaired) electrons. The van der Waals surface area contributed by atoms with Crippen molar-refractivity contribution in [2.75, 3.05) is 6.54 Å². The number of rotatable bonds is 2. The highest BCUT2D eigenvalue weighted by Gasteiger charge is 2.21. The predicted molar refractivity (Wildman–Crippen MR) is 63.5 cm³/mol. The summed E-state index contributed by atoms with van der Waals surface area (Å²) in [7, 11) is 0. The summed E-state index contributed by atoms with van der Waals surface area (Å²) in [4.78, 5) is 4.05. The minimum absolute atomic E-state index is 0.162. The molecular weight excluding hydrogens is 236 g/mol. The van der Waals surface area contributed by atoms with Gasteiger partial charge in [0.2, 0.25) is 0 Å². The summed E-state index contributed by atoms with van der Waals surface area (Å²) in [6.07, 6.45) is 5.30. The number of nitrogens with one attached hydrogen (secondary N) is 1. The minimum atomic E-state index is -0.453. The number of aromatic nitrogens is 2. The molecule has 0 spiro atoms. The van der Waals surface area contributed by atoms with Crippen molar-refractivity contribution in [3.8, 4) is 5.69 Å². The average Bonchev–Trinajstić information content (AvgIpc) is 3.00. The van der Waals surface area contributed by atoms with Crippen molar-refractivity contribution in [1.29, 1.82) is 0 Å². The van der Waals surface area contributed by atoms with E-state index in [1.54, 1.807) is 10.8 Å². The smallest absolute Gasteiger partial charge is 0.147 e. The van der Waals surface area contributed by atoms with Crippen LogP contribution < -0.4 is 5.32 Å². The molecule has 0 bridgehead atoms. The van der Waals surface area contributed by atoms with Crippen LogP contribution >= 0.6 is 0 Å². The molecule has 0 saturated carbocycles. The van der Waals surface area contributed by atoms with Gasteiger partial charge in [0.1, 0.15) is 11.6 Å². The van der Waals surface area contributed by atoms with Crippen LogP contribution in [0.15, 0.2) is 30.7 Å². The van der Waals surface area contributed by atoms with Gasteiger partial charge in [-0.15, -0.1) is 0 Å². The van der Waals surface area contributed by atoms with Crippen LogP contribution in [0.25, 0.3) is 5.69 Å². The van der Waals surface area contributed by atoms with Crippen molar-refractivity contribution in [1.82, 2.24) is 14.9 Å². The highest BCUT2D eigenvalue weighted by atomic mass is 19.1. The standard InChI is InChI=1S/C13H13F2N3/c14-9-3-4-10(15)12(6-9)18-8-16-7-13(18)11-2-1-5-17-11/h3-4,6-8,11,17H,1-2,5H2. The Bertz CT molecular complexity index is 559. The van der Waals surface area contributed by atoms with E-state index in [0.717, 1.165) is 37.2 Å². The second-order valence-corrected chi connectivity index (χ2v) is 4.43. The highest BCUT2D eigenvalue weighted by molar-refractivity contribution is 5.36. The summed E-state index contributed by atoms with van der Waals surface area (Å²) in [6.45, 7) is 0.946. The van der Waals surface area contributed by atoms with Gasteiger partial charge in [0.25, 0.3) is 0 Å². The van der Waals surface area contributed by atoms with Gasteiger partial charge < -0.3 is 5.32 Å². The zero-order valence-corrected chi connectivity index (χ0v) is 9.74. The third-order valence-electron chi connectivity index (χ3n) is 3.25. The third kappa shape index (κ3) is 1.90. The van der Waals surface area contributed by atoms with Gasteiger partial charge in [-0.3, -0.25) is 4.57 Å². The first-order valence-corrected chi connectivity index (χ1v) is 5.97. The van der Waals surface area contributed by atoms with Crippen LogP contribution in [0.2, 0.25) is 0 Å². The molecule has 5 heteroatoms. The van der Waals surface area contributed by atoms with Crippen LogP contribution in [0.4, 0.5) is 8.78 Å². The highest BCUT2D eigenvalue weighted by Crippen LogP contribution is 2.26. The lowest BCUT2D eigenvalue weighted by molar-refractivity contribution is 0.577. The molecule has 94 valence electrons. The summed E-state index contributed by atoms with van der Waals surface area (Å²) >= 11 is 0. The molecular formula is C13H13F2N3. The molecule has 2 aromatic rings. The Morgan fingerprint density at radius 1 is 1.33 bits per heavy atom. The fourth-order valence-corrected chi connectivity index (χ4v) is 2.37. The molecule has 1 atom stereocenters. The Morgan fingerprint density at radius 2 is 2.22 bits per heavy atom. The van der Waals surface area contributed by atoms with E-state index < -0.39 is 11.6 Å². The van der Waals surface area contributed by atoms with Crippen molar-refractivity contribution < 1.29 is 8.78 Å². The Hall–Kier alpha value is -1.75. The SMILES string of the molecule is Fc1ccc(F)c(-n2cncc2C2CCCN2)c1. The Kier molecular flexibility index (Phi) is 2.83. The zero-order valence-electron chi connectivity index (χ0n) is 9.74. The monoisotopic (exact) mass is 249 g/mol. The number of nitrogens with zero attached hydrogens (tertiary/aromatic N) is 2. The molecule has 1 aliphatic rings. The van der Waals surface area contributed by atoms with E-state index >= 15 is 0 Å². The van der Waals surface area contributed by atoms with E-state index in [9.17, 15) is 8.78 Å². The second-order valence-electron chi connectivity index (χ2n) is 4.43. The van der Waals surface area contributed by atoms with Gasteiger partial charge in [0.15, 0.2) is 0 Å². The van der Waals surface area contributed by atoms with Crippen molar-refractivity contribution in [2.45, 2.75) is 18.9 Å². The Morgan fingerprint density at radius 3 is 3.00 bits per heavy atom. The van der Waals surface area contributed by atoms with E-state index in [2.05, 4.69) is 10.3 Å². The summed E-state index contributed by atoms with van der Waals surface area (Å²) < 4.78 is 28.6.